The highest BCUT2D eigenvalue weighted by atomic mass is 35.5. The number of nitrogen functional groups attached to an aromatic ring is 1. The van der Waals surface area contributed by atoms with Gasteiger partial charge in [-0.3, -0.25) is 0 Å². The van der Waals surface area contributed by atoms with Crippen LogP contribution in [0.5, 0.6) is 0 Å². The number of ether oxygens (including phenoxy) is 1. The molecule has 0 radical (unpaired) electrons. The van der Waals surface area contributed by atoms with Crippen molar-refractivity contribution >= 4 is 23.5 Å². The summed E-state index contributed by atoms with van der Waals surface area (Å²) in [5.41, 5.74) is 5.43. The van der Waals surface area contributed by atoms with Gasteiger partial charge in [0.1, 0.15) is 0 Å². The second-order valence-corrected chi connectivity index (χ2v) is 3.73. The fraction of sp³-hybridized carbons (Fsp3) is 0.625. The van der Waals surface area contributed by atoms with Gasteiger partial charge < -0.3 is 15.8 Å². The molecule has 1 aromatic rings. The molecule has 2 heterocycles. The third kappa shape index (κ3) is 2.90. The molecule has 0 aromatic carbocycles. The van der Waals surface area contributed by atoms with Crippen molar-refractivity contribution in [3.8, 4) is 0 Å². The van der Waals surface area contributed by atoms with Crippen molar-refractivity contribution < 1.29 is 4.74 Å². The number of nitrogens with one attached hydrogen (secondary N) is 1. The highest BCUT2D eigenvalue weighted by Crippen LogP contribution is 2.13. The number of halogens is 1. The monoisotopic (exact) mass is 229 g/mol. The molecule has 3 N–H and O–H groups in total. The lowest BCUT2D eigenvalue weighted by molar-refractivity contribution is 0.187. The van der Waals surface area contributed by atoms with Gasteiger partial charge >= 0.3 is 0 Å². The van der Waals surface area contributed by atoms with Crippen LogP contribution in [0, 0.1) is 5.92 Å². The van der Waals surface area contributed by atoms with Crippen LogP contribution in [0.1, 0.15) is 6.42 Å². The first-order valence-electron chi connectivity index (χ1n) is 4.72. The Kier molecular flexibility index (Phi) is 3.17. The molecule has 1 aliphatic rings. The first kappa shape index (κ1) is 10.4. The van der Waals surface area contributed by atoms with Crippen molar-refractivity contribution in [1.82, 2.24) is 15.0 Å². The summed E-state index contributed by atoms with van der Waals surface area (Å²) in [5.74, 6) is 1.04. The van der Waals surface area contributed by atoms with Crippen molar-refractivity contribution in [3.05, 3.63) is 5.28 Å². The maximum atomic E-state index is 5.64. The highest BCUT2D eigenvalue weighted by Gasteiger charge is 2.15. The van der Waals surface area contributed by atoms with Gasteiger partial charge in [-0.15, -0.1) is 0 Å². The van der Waals surface area contributed by atoms with E-state index in [4.69, 9.17) is 22.1 Å². The normalized spacial score (nSPS) is 20.5. The molecular weight excluding hydrogens is 218 g/mol. The Labute approximate surface area is 92.2 Å². The molecule has 6 nitrogen and oxygen atoms in total. The molecule has 82 valence electrons. The van der Waals surface area contributed by atoms with Crippen molar-refractivity contribution in [2.24, 2.45) is 5.92 Å². The topological polar surface area (TPSA) is 86.0 Å². The number of hydrogen-bond acceptors (Lipinski definition) is 6. The molecule has 15 heavy (non-hydrogen) atoms. The van der Waals surface area contributed by atoms with Gasteiger partial charge in [0.2, 0.25) is 17.2 Å². The predicted molar refractivity (Wildman–Crippen MR) is 56.7 cm³/mol. The zero-order chi connectivity index (χ0) is 10.7. The minimum absolute atomic E-state index is 0.104. The van der Waals surface area contributed by atoms with Crippen molar-refractivity contribution in [2.75, 3.05) is 30.8 Å². The zero-order valence-electron chi connectivity index (χ0n) is 8.11. The van der Waals surface area contributed by atoms with Crippen molar-refractivity contribution in [3.63, 3.8) is 0 Å². The number of hydrogen-bond donors (Lipinski definition) is 2. The second kappa shape index (κ2) is 4.59. The summed E-state index contributed by atoms with van der Waals surface area (Å²) < 4.78 is 5.25. The van der Waals surface area contributed by atoms with E-state index in [1.54, 1.807) is 0 Å². The summed E-state index contributed by atoms with van der Waals surface area (Å²) >= 11 is 5.64. The van der Waals surface area contributed by atoms with Crippen LogP contribution in [0.4, 0.5) is 11.9 Å². The summed E-state index contributed by atoms with van der Waals surface area (Å²) in [6, 6.07) is 0. The van der Waals surface area contributed by atoms with Gasteiger partial charge in [0.25, 0.3) is 0 Å². The quantitative estimate of drug-likeness (QED) is 0.788. The molecule has 0 spiro atoms. The molecule has 1 aromatic heterocycles. The number of nitrogens with zero attached hydrogens (tertiary/aromatic N) is 3. The highest BCUT2D eigenvalue weighted by molar-refractivity contribution is 6.28. The molecule has 1 fully saturated rings. The van der Waals surface area contributed by atoms with Gasteiger partial charge in [-0.25, -0.2) is 0 Å². The van der Waals surface area contributed by atoms with E-state index < -0.39 is 0 Å². The molecule has 0 saturated carbocycles. The van der Waals surface area contributed by atoms with E-state index in [-0.39, 0.29) is 11.2 Å². The van der Waals surface area contributed by atoms with Crippen LogP contribution >= 0.6 is 11.6 Å². The minimum Gasteiger partial charge on any atom is -0.381 e. The SMILES string of the molecule is Nc1nc(Cl)nc(NCC2CCOC2)n1. The maximum absolute atomic E-state index is 5.64. The van der Waals surface area contributed by atoms with Crippen LogP contribution in [-0.4, -0.2) is 34.7 Å². The van der Waals surface area contributed by atoms with E-state index >= 15 is 0 Å². The molecule has 1 unspecified atom stereocenters. The lowest BCUT2D eigenvalue weighted by Crippen LogP contribution is -2.16. The number of rotatable bonds is 3. The predicted octanol–water partition coefficient (Wildman–Crippen LogP) is 0.556. The Hall–Kier alpha value is -1.14. The van der Waals surface area contributed by atoms with Crippen molar-refractivity contribution in [2.45, 2.75) is 6.42 Å². The molecule has 7 heteroatoms. The lowest BCUT2D eigenvalue weighted by Gasteiger charge is -2.09. The molecule has 1 atom stereocenters. The van der Waals surface area contributed by atoms with Crippen LogP contribution < -0.4 is 11.1 Å². The Balaban J connectivity index is 1.92. The van der Waals surface area contributed by atoms with Gasteiger partial charge in [-0.05, 0) is 18.0 Å². The van der Waals surface area contributed by atoms with E-state index in [0.717, 1.165) is 26.2 Å². The number of nitrogens with two attached hydrogens (primary N) is 1. The summed E-state index contributed by atoms with van der Waals surface area (Å²) in [7, 11) is 0. The van der Waals surface area contributed by atoms with Crippen molar-refractivity contribution in [1.29, 1.82) is 0 Å². The molecule has 0 bridgehead atoms. The Morgan fingerprint density at radius 3 is 3.00 bits per heavy atom. The largest absolute Gasteiger partial charge is 0.381 e. The van der Waals surface area contributed by atoms with Crippen LogP contribution in [-0.2, 0) is 4.74 Å². The van der Waals surface area contributed by atoms with Crippen LogP contribution in [0.25, 0.3) is 0 Å². The summed E-state index contributed by atoms with van der Waals surface area (Å²) in [5, 5.41) is 3.17. The lowest BCUT2D eigenvalue weighted by atomic mass is 10.1. The molecule has 1 aliphatic heterocycles. The van der Waals surface area contributed by atoms with Crippen LogP contribution in [0.3, 0.4) is 0 Å². The minimum atomic E-state index is 0.104. The Bertz CT molecular complexity index is 322. The third-order valence-corrected chi connectivity index (χ3v) is 2.37. The van der Waals surface area contributed by atoms with E-state index in [2.05, 4.69) is 20.3 Å². The molecule has 1 saturated heterocycles. The van der Waals surface area contributed by atoms with Gasteiger partial charge in [0.15, 0.2) is 0 Å². The fourth-order valence-electron chi connectivity index (χ4n) is 1.42. The zero-order valence-corrected chi connectivity index (χ0v) is 8.87. The molecular formula is C8H12ClN5O. The summed E-state index contributed by atoms with van der Waals surface area (Å²) in [6.45, 7) is 2.37. The Morgan fingerprint density at radius 2 is 2.33 bits per heavy atom. The van der Waals surface area contributed by atoms with E-state index in [1.165, 1.54) is 0 Å². The van der Waals surface area contributed by atoms with Gasteiger partial charge in [0, 0.05) is 19.1 Å². The third-order valence-electron chi connectivity index (χ3n) is 2.20. The first-order chi connectivity index (χ1) is 7.24. The van der Waals surface area contributed by atoms with E-state index in [1.807, 2.05) is 0 Å². The smallest absolute Gasteiger partial charge is 0.228 e. The number of anilines is 2. The summed E-state index contributed by atoms with van der Waals surface area (Å²) in [4.78, 5) is 11.5. The number of aromatic nitrogens is 3. The maximum Gasteiger partial charge on any atom is 0.228 e. The summed E-state index contributed by atoms with van der Waals surface area (Å²) in [6.07, 6.45) is 1.06. The van der Waals surface area contributed by atoms with Gasteiger partial charge in [0.05, 0.1) is 6.61 Å². The average molecular weight is 230 g/mol. The first-order valence-corrected chi connectivity index (χ1v) is 5.10. The fourth-order valence-corrected chi connectivity index (χ4v) is 1.59. The van der Waals surface area contributed by atoms with Gasteiger partial charge in [-0.1, -0.05) is 0 Å². The van der Waals surface area contributed by atoms with Crippen LogP contribution in [0.15, 0.2) is 0 Å². The Morgan fingerprint density at radius 1 is 1.47 bits per heavy atom. The molecule has 2 rings (SSSR count). The van der Waals surface area contributed by atoms with E-state index in [9.17, 15) is 0 Å². The average Bonchev–Trinajstić information content (AvgIpc) is 2.65. The molecule has 0 amide bonds. The second-order valence-electron chi connectivity index (χ2n) is 3.40. The van der Waals surface area contributed by atoms with Gasteiger partial charge in [-0.2, -0.15) is 15.0 Å². The standard InChI is InChI=1S/C8H12ClN5O/c9-6-12-7(10)14-8(13-6)11-3-5-1-2-15-4-5/h5H,1-4H2,(H3,10,11,12,13,14). The molecule has 0 aliphatic carbocycles. The van der Waals surface area contributed by atoms with Crippen LogP contribution in [0.2, 0.25) is 5.28 Å². The van der Waals surface area contributed by atoms with E-state index in [0.29, 0.717) is 11.9 Å².